The Bertz CT molecular complexity index is 1270. The van der Waals surface area contributed by atoms with Crippen LogP contribution in [0.1, 0.15) is 29.3 Å². The van der Waals surface area contributed by atoms with Crippen LogP contribution < -0.4 is 9.62 Å². The fraction of sp³-hybridized carbons (Fsp3) is 0.375. The molecule has 2 aromatic rings. The number of nitrogens with zero attached hydrogens (tertiary/aromatic N) is 3. The van der Waals surface area contributed by atoms with E-state index in [2.05, 4.69) is 15.7 Å². The van der Waals surface area contributed by atoms with E-state index >= 15 is 0 Å². The summed E-state index contributed by atoms with van der Waals surface area (Å²) < 4.78 is 60.3. The van der Waals surface area contributed by atoms with Gasteiger partial charge < -0.3 is 15.1 Å². The normalized spacial score (nSPS) is 14.1. The van der Waals surface area contributed by atoms with Crippen molar-refractivity contribution in [1.29, 1.82) is 5.26 Å². The number of benzene rings is 2. The first-order valence-electron chi connectivity index (χ1n) is 11.4. The van der Waals surface area contributed by atoms with Gasteiger partial charge in [-0.1, -0.05) is 19.1 Å². The van der Waals surface area contributed by atoms with Gasteiger partial charge in [0.15, 0.2) is 0 Å². The number of aryl methyl sites for hydroxylation is 1. The molecule has 206 valence electrons. The van der Waals surface area contributed by atoms with E-state index in [9.17, 15) is 31.5 Å². The largest absolute Gasteiger partial charge is 0.490 e. The lowest BCUT2D eigenvalue weighted by Crippen LogP contribution is -2.46. The van der Waals surface area contributed by atoms with Crippen LogP contribution in [-0.4, -0.2) is 74.4 Å². The van der Waals surface area contributed by atoms with Crippen molar-refractivity contribution in [2.45, 2.75) is 30.8 Å². The second-order valence-corrected chi connectivity index (χ2v) is 9.86. The molecule has 0 aliphatic carbocycles. The highest BCUT2D eigenvalue weighted by molar-refractivity contribution is 7.92. The Kier molecular flexibility index (Phi) is 10.5. The maximum absolute atomic E-state index is 13.0. The number of sulfonamides is 1. The van der Waals surface area contributed by atoms with Gasteiger partial charge in [0.1, 0.15) is 0 Å². The molecule has 0 saturated carbocycles. The quantitative estimate of drug-likeness (QED) is 0.444. The first-order valence-corrected chi connectivity index (χ1v) is 12.9. The summed E-state index contributed by atoms with van der Waals surface area (Å²) in [6.45, 7) is 5.48. The fourth-order valence-electron chi connectivity index (χ4n) is 3.56. The molecule has 0 amide bonds. The van der Waals surface area contributed by atoms with Crippen molar-refractivity contribution in [2.75, 3.05) is 42.3 Å². The highest BCUT2D eigenvalue weighted by atomic mass is 32.2. The summed E-state index contributed by atoms with van der Waals surface area (Å²) >= 11 is 0. The van der Waals surface area contributed by atoms with E-state index in [0.29, 0.717) is 31.7 Å². The first kappa shape index (κ1) is 30.4. The van der Waals surface area contributed by atoms with Gasteiger partial charge in [0.25, 0.3) is 10.0 Å². The average Bonchev–Trinajstić information content (AvgIpc) is 2.87. The number of piperazine rings is 1. The number of rotatable bonds is 8. The number of carbonyl (C=O) groups is 2. The van der Waals surface area contributed by atoms with Crippen LogP contribution in [0, 0.1) is 11.3 Å². The van der Waals surface area contributed by atoms with E-state index in [1.54, 1.807) is 30.3 Å². The Morgan fingerprint density at radius 3 is 2.11 bits per heavy atom. The van der Waals surface area contributed by atoms with Crippen LogP contribution in [0.2, 0.25) is 0 Å². The van der Waals surface area contributed by atoms with Gasteiger partial charge >= 0.3 is 18.1 Å². The van der Waals surface area contributed by atoms with Gasteiger partial charge in [-0.15, -0.1) is 0 Å². The molecule has 10 nitrogen and oxygen atoms in total. The van der Waals surface area contributed by atoms with Crippen molar-refractivity contribution in [3.63, 3.8) is 0 Å². The third kappa shape index (κ3) is 8.63. The minimum absolute atomic E-state index is 0.00966. The third-order valence-electron chi connectivity index (χ3n) is 5.63. The lowest BCUT2D eigenvalue weighted by molar-refractivity contribution is -0.192. The SMILES string of the molecule is CCc1ccc(S(=O)(=O)Nc2cc(C(=O)O)ccc2N2CCN(CCC#N)CC2)cc1.O=C(O)C(F)(F)F. The highest BCUT2D eigenvalue weighted by Gasteiger charge is 2.38. The van der Waals surface area contributed by atoms with Gasteiger partial charge in [0.05, 0.1) is 27.9 Å². The number of aromatic carboxylic acids is 1. The van der Waals surface area contributed by atoms with E-state index in [4.69, 9.17) is 15.2 Å². The smallest absolute Gasteiger partial charge is 0.478 e. The Balaban J connectivity index is 0.000000638. The van der Waals surface area contributed by atoms with E-state index in [0.717, 1.165) is 25.1 Å². The zero-order valence-corrected chi connectivity index (χ0v) is 21.2. The molecule has 1 aliphatic heterocycles. The van der Waals surface area contributed by atoms with Crippen LogP contribution in [0.5, 0.6) is 0 Å². The van der Waals surface area contributed by atoms with E-state index in [-0.39, 0.29) is 16.1 Å². The summed E-state index contributed by atoms with van der Waals surface area (Å²) in [6.07, 6.45) is -3.81. The second-order valence-electron chi connectivity index (χ2n) is 8.18. The Labute approximate surface area is 217 Å². The van der Waals surface area contributed by atoms with Gasteiger partial charge in [-0.05, 0) is 42.3 Å². The second kappa shape index (κ2) is 13.1. The number of carboxylic acids is 2. The van der Waals surface area contributed by atoms with Crippen LogP contribution in [0.15, 0.2) is 47.4 Å². The Morgan fingerprint density at radius 1 is 1.05 bits per heavy atom. The number of nitriles is 1. The summed E-state index contributed by atoms with van der Waals surface area (Å²) in [5.74, 6) is -3.88. The van der Waals surface area contributed by atoms with E-state index in [1.807, 2.05) is 11.8 Å². The number of nitrogens with one attached hydrogen (secondary N) is 1. The molecule has 1 fully saturated rings. The first-order chi connectivity index (χ1) is 17.8. The molecule has 0 aromatic heterocycles. The molecule has 3 N–H and O–H groups in total. The molecule has 3 rings (SSSR count). The molecule has 0 spiro atoms. The molecule has 14 heteroatoms. The van der Waals surface area contributed by atoms with Crippen LogP contribution in [0.3, 0.4) is 0 Å². The standard InChI is InChI=1S/C22H26N4O4S.C2HF3O2/c1-2-17-4-7-19(8-5-17)31(29,30)24-20-16-18(22(27)28)6-9-21(20)26-14-12-25(13-15-26)11-3-10-23;3-2(4,5)1(6)7/h4-9,16,24H,2-3,11-15H2,1H3,(H,27,28);(H,6,7). The zero-order valence-electron chi connectivity index (χ0n) is 20.4. The van der Waals surface area contributed by atoms with Gasteiger partial charge in [0.2, 0.25) is 0 Å². The predicted octanol–water partition coefficient (Wildman–Crippen LogP) is 3.42. The number of carboxylic acid groups (broad SMARTS) is 2. The third-order valence-corrected chi connectivity index (χ3v) is 7.01. The maximum atomic E-state index is 13.0. The molecule has 0 radical (unpaired) electrons. The number of hydrogen-bond acceptors (Lipinski definition) is 7. The minimum atomic E-state index is -5.08. The summed E-state index contributed by atoms with van der Waals surface area (Å²) in [7, 11) is -3.88. The molecule has 0 unspecified atom stereocenters. The van der Waals surface area contributed by atoms with Gasteiger partial charge in [-0.2, -0.15) is 18.4 Å². The molecule has 38 heavy (non-hydrogen) atoms. The number of alkyl halides is 3. The number of aliphatic carboxylic acids is 1. The number of hydrogen-bond donors (Lipinski definition) is 3. The van der Waals surface area contributed by atoms with Gasteiger partial charge in [0, 0.05) is 39.1 Å². The van der Waals surface area contributed by atoms with Crippen molar-refractivity contribution >= 4 is 33.3 Å². The predicted molar refractivity (Wildman–Crippen MR) is 133 cm³/mol. The Morgan fingerprint density at radius 2 is 1.63 bits per heavy atom. The average molecular weight is 557 g/mol. The molecule has 0 atom stereocenters. The molecule has 1 saturated heterocycles. The molecule has 0 bridgehead atoms. The molecular formula is C24H27F3N4O6S. The van der Waals surface area contributed by atoms with Gasteiger partial charge in [-0.3, -0.25) is 9.62 Å². The molecular weight excluding hydrogens is 529 g/mol. The van der Waals surface area contributed by atoms with Gasteiger partial charge in [-0.25, -0.2) is 18.0 Å². The summed E-state index contributed by atoms with van der Waals surface area (Å²) in [5.41, 5.74) is 1.92. The van der Waals surface area contributed by atoms with Crippen LogP contribution >= 0.6 is 0 Å². The zero-order chi connectivity index (χ0) is 28.5. The molecule has 1 heterocycles. The van der Waals surface area contributed by atoms with Crippen molar-refractivity contribution in [3.8, 4) is 6.07 Å². The van der Waals surface area contributed by atoms with E-state index in [1.165, 1.54) is 12.1 Å². The van der Waals surface area contributed by atoms with Crippen LogP contribution in [0.25, 0.3) is 0 Å². The number of anilines is 2. The van der Waals surface area contributed by atoms with Crippen LogP contribution in [-0.2, 0) is 21.2 Å². The summed E-state index contributed by atoms with van der Waals surface area (Å²) in [5, 5.41) is 25.3. The summed E-state index contributed by atoms with van der Waals surface area (Å²) in [6, 6.07) is 13.3. The summed E-state index contributed by atoms with van der Waals surface area (Å²) in [4.78, 5) is 24.7. The topological polar surface area (TPSA) is 151 Å². The Hall–Kier alpha value is -3.83. The van der Waals surface area contributed by atoms with Crippen molar-refractivity contribution in [2.24, 2.45) is 0 Å². The lowest BCUT2D eigenvalue weighted by atomic mass is 10.1. The van der Waals surface area contributed by atoms with Crippen molar-refractivity contribution < 1.29 is 41.4 Å². The monoisotopic (exact) mass is 556 g/mol. The minimum Gasteiger partial charge on any atom is -0.478 e. The lowest BCUT2D eigenvalue weighted by Gasteiger charge is -2.36. The maximum Gasteiger partial charge on any atom is 0.490 e. The van der Waals surface area contributed by atoms with Crippen molar-refractivity contribution in [1.82, 2.24) is 4.90 Å². The molecule has 2 aromatic carbocycles. The fourth-order valence-corrected chi connectivity index (χ4v) is 4.62. The van der Waals surface area contributed by atoms with E-state index < -0.39 is 28.1 Å². The molecule has 1 aliphatic rings. The van der Waals surface area contributed by atoms with Crippen molar-refractivity contribution in [3.05, 3.63) is 53.6 Å². The number of halogens is 3. The highest BCUT2D eigenvalue weighted by Crippen LogP contribution is 2.30. The van der Waals surface area contributed by atoms with Crippen LogP contribution in [0.4, 0.5) is 24.5 Å².